The first-order valence-electron chi connectivity index (χ1n) is 8.12. The number of rotatable bonds is 5. The molecule has 0 unspecified atom stereocenters. The van der Waals surface area contributed by atoms with Crippen molar-refractivity contribution in [3.8, 4) is 0 Å². The van der Waals surface area contributed by atoms with E-state index in [1.54, 1.807) is 0 Å². The van der Waals surface area contributed by atoms with Crippen molar-refractivity contribution in [2.24, 2.45) is 5.92 Å². The normalized spacial score (nSPS) is 21.3. The summed E-state index contributed by atoms with van der Waals surface area (Å²) in [6.07, 6.45) is 14.7. The van der Waals surface area contributed by atoms with E-state index in [2.05, 4.69) is 28.0 Å². The van der Waals surface area contributed by atoms with Gasteiger partial charge in [0, 0.05) is 18.8 Å². The summed E-state index contributed by atoms with van der Waals surface area (Å²) in [5, 5.41) is 3.59. The zero-order chi connectivity index (χ0) is 13.1. The van der Waals surface area contributed by atoms with E-state index in [-0.39, 0.29) is 0 Å². The topological polar surface area (TPSA) is 29.9 Å². The van der Waals surface area contributed by atoms with Crippen LogP contribution in [0, 0.1) is 12.8 Å². The summed E-state index contributed by atoms with van der Waals surface area (Å²) >= 11 is 0. The van der Waals surface area contributed by atoms with Crippen molar-refractivity contribution in [3.63, 3.8) is 0 Å². The van der Waals surface area contributed by atoms with Crippen molar-refractivity contribution in [3.05, 3.63) is 11.9 Å². The molecule has 0 saturated heterocycles. The number of aromatic nitrogens is 2. The van der Waals surface area contributed by atoms with Crippen molar-refractivity contribution in [2.45, 2.75) is 70.8 Å². The van der Waals surface area contributed by atoms with E-state index in [4.69, 9.17) is 0 Å². The van der Waals surface area contributed by atoms with E-state index in [9.17, 15) is 0 Å². The molecule has 1 N–H and O–H groups in total. The summed E-state index contributed by atoms with van der Waals surface area (Å²) in [5.41, 5.74) is 1.15. The third-order valence-corrected chi connectivity index (χ3v) is 4.88. The van der Waals surface area contributed by atoms with Crippen LogP contribution in [-0.2, 0) is 0 Å². The highest BCUT2D eigenvalue weighted by Crippen LogP contribution is 2.32. The summed E-state index contributed by atoms with van der Waals surface area (Å²) in [6.45, 7) is 3.20. The Morgan fingerprint density at radius 3 is 2.58 bits per heavy atom. The molecule has 2 aliphatic carbocycles. The third-order valence-electron chi connectivity index (χ3n) is 4.88. The number of aryl methyl sites for hydroxylation is 1. The largest absolute Gasteiger partial charge is 0.356 e. The van der Waals surface area contributed by atoms with Crippen molar-refractivity contribution in [1.29, 1.82) is 0 Å². The van der Waals surface area contributed by atoms with Gasteiger partial charge in [-0.1, -0.05) is 38.5 Å². The molecule has 0 aromatic carbocycles. The summed E-state index contributed by atoms with van der Waals surface area (Å²) < 4.78 is 2.40. The Morgan fingerprint density at radius 1 is 1.16 bits per heavy atom. The minimum absolute atomic E-state index is 0.690. The maximum atomic E-state index is 4.67. The molecule has 3 rings (SSSR count). The number of hydrogen-bond donors (Lipinski definition) is 1. The lowest BCUT2D eigenvalue weighted by Crippen LogP contribution is -2.13. The molecule has 2 aliphatic rings. The van der Waals surface area contributed by atoms with Gasteiger partial charge in [-0.25, -0.2) is 4.98 Å². The Balaban J connectivity index is 1.56. The van der Waals surface area contributed by atoms with Crippen molar-refractivity contribution < 1.29 is 0 Å². The molecular formula is C16H27N3. The lowest BCUT2D eigenvalue weighted by molar-refractivity contribution is 0.506. The van der Waals surface area contributed by atoms with Crippen LogP contribution in [-0.4, -0.2) is 16.1 Å². The molecule has 3 nitrogen and oxygen atoms in total. The van der Waals surface area contributed by atoms with Crippen LogP contribution < -0.4 is 5.32 Å². The second-order valence-corrected chi connectivity index (χ2v) is 6.42. The maximum Gasteiger partial charge on any atom is 0.203 e. The van der Waals surface area contributed by atoms with E-state index < -0.39 is 0 Å². The molecule has 2 fully saturated rings. The first-order chi connectivity index (χ1) is 9.33. The predicted molar refractivity (Wildman–Crippen MR) is 79.5 cm³/mol. The standard InChI is InChI=1S/C16H27N3/c1-13-12-19(15-8-4-5-9-15)16(18-13)17-11-10-14-6-2-3-7-14/h12,14-15H,2-11H2,1H3,(H,17,18). The van der Waals surface area contributed by atoms with Gasteiger partial charge in [0.1, 0.15) is 0 Å². The summed E-state index contributed by atoms with van der Waals surface area (Å²) in [5.74, 6) is 2.07. The van der Waals surface area contributed by atoms with Crippen LogP contribution >= 0.6 is 0 Å². The Bertz CT molecular complexity index is 398. The zero-order valence-electron chi connectivity index (χ0n) is 12.2. The van der Waals surface area contributed by atoms with Gasteiger partial charge in [-0.2, -0.15) is 0 Å². The second-order valence-electron chi connectivity index (χ2n) is 6.42. The number of anilines is 1. The van der Waals surface area contributed by atoms with Gasteiger partial charge in [0.2, 0.25) is 5.95 Å². The molecule has 3 heteroatoms. The van der Waals surface area contributed by atoms with Gasteiger partial charge in [0.15, 0.2) is 0 Å². The molecule has 0 spiro atoms. The number of hydrogen-bond acceptors (Lipinski definition) is 2. The quantitative estimate of drug-likeness (QED) is 0.856. The van der Waals surface area contributed by atoms with Crippen LogP contribution in [0.25, 0.3) is 0 Å². The lowest BCUT2D eigenvalue weighted by Gasteiger charge is -2.16. The SMILES string of the molecule is Cc1cn(C2CCCC2)c(NCCC2CCCC2)n1. The van der Waals surface area contributed by atoms with E-state index in [0.29, 0.717) is 6.04 Å². The predicted octanol–water partition coefficient (Wildman–Crippen LogP) is 4.30. The number of imidazole rings is 1. The highest BCUT2D eigenvalue weighted by molar-refractivity contribution is 5.29. The van der Waals surface area contributed by atoms with Gasteiger partial charge in [0.25, 0.3) is 0 Å². The average molecular weight is 261 g/mol. The van der Waals surface area contributed by atoms with Crippen LogP contribution in [0.4, 0.5) is 5.95 Å². The first-order valence-corrected chi connectivity index (χ1v) is 8.12. The van der Waals surface area contributed by atoms with Crippen LogP contribution in [0.2, 0.25) is 0 Å². The van der Waals surface area contributed by atoms with E-state index in [1.165, 1.54) is 57.8 Å². The molecule has 2 saturated carbocycles. The summed E-state index contributed by atoms with van der Waals surface area (Å²) in [7, 11) is 0. The van der Waals surface area contributed by atoms with E-state index in [0.717, 1.165) is 24.1 Å². The van der Waals surface area contributed by atoms with Crippen LogP contribution in [0.1, 0.15) is 69.5 Å². The van der Waals surface area contributed by atoms with Gasteiger partial charge in [0.05, 0.1) is 5.69 Å². The Labute approximate surface area is 116 Å². The molecule has 106 valence electrons. The molecule has 0 amide bonds. The molecule has 0 radical (unpaired) electrons. The second kappa shape index (κ2) is 5.98. The summed E-state index contributed by atoms with van der Waals surface area (Å²) in [6, 6.07) is 0.690. The lowest BCUT2D eigenvalue weighted by atomic mass is 10.0. The maximum absolute atomic E-state index is 4.67. The molecule has 1 aromatic heterocycles. The monoisotopic (exact) mass is 261 g/mol. The van der Waals surface area contributed by atoms with E-state index >= 15 is 0 Å². The minimum Gasteiger partial charge on any atom is -0.356 e. The Hall–Kier alpha value is -0.990. The fourth-order valence-electron chi connectivity index (χ4n) is 3.79. The fourth-order valence-corrected chi connectivity index (χ4v) is 3.79. The third kappa shape index (κ3) is 3.13. The first kappa shape index (κ1) is 13.0. The van der Waals surface area contributed by atoms with Crippen LogP contribution in [0.5, 0.6) is 0 Å². The molecule has 0 aliphatic heterocycles. The number of nitrogens with zero attached hydrogens (tertiary/aromatic N) is 2. The average Bonchev–Trinajstić information content (AvgIpc) is 3.09. The Morgan fingerprint density at radius 2 is 1.84 bits per heavy atom. The van der Waals surface area contributed by atoms with Crippen LogP contribution in [0.15, 0.2) is 6.20 Å². The van der Waals surface area contributed by atoms with Gasteiger partial charge in [-0.15, -0.1) is 0 Å². The van der Waals surface area contributed by atoms with Gasteiger partial charge < -0.3 is 9.88 Å². The van der Waals surface area contributed by atoms with Gasteiger partial charge in [-0.3, -0.25) is 0 Å². The van der Waals surface area contributed by atoms with Gasteiger partial charge >= 0.3 is 0 Å². The fraction of sp³-hybridized carbons (Fsp3) is 0.812. The van der Waals surface area contributed by atoms with E-state index in [1.807, 2.05) is 0 Å². The summed E-state index contributed by atoms with van der Waals surface area (Å²) in [4.78, 5) is 4.67. The molecular weight excluding hydrogens is 234 g/mol. The number of nitrogens with one attached hydrogen (secondary N) is 1. The van der Waals surface area contributed by atoms with Crippen LogP contribution in [0.3, 0.4) is 0 Å². The molecule has 1 heterocycles. The van der Waals surface area contributed by atoms with Gasteiger partial charge in [-0.05, 0) is 32.1 Å². The molecule has 0 atom stereocenters. The molecule has 0 bridgehead atoms. The molecule has 1 aromatic rings. The van der Waals surface area contributed by atoms with Crippen molar-refractivity contribution in [1.82, 2.24) is 9.55 Å². The smallest absolute Gasteiger partial charge is 0.203 e. The van der Waals surface area contributed by atoms with Crippen molar-refractivity contribution in [2.75, 3.05) is 11.9 Å². The highest BCUT2D eigenvalue weighted by atomic mass is 15.2. The zero-order valence-corrected chi connectivity index (χ0v) is 12.2. The Kier molecular flexibility index (Phi) is 4.09. The van der Waals surface area contributed by atoms with Crippen molar-refractivity contribution >= 4 is 5.95 Å². The highest BCUT2D eigenvalue weighted by Gasteiger charge is 2.20. The minimum atomic E-state index is 0.690. The molecule has 19 heavy (non-hydrogen) atoms.